The minimum atomic E-state index is -0.693. The molecule has 5 nitrogen and oxygen atoms in total. The third-order valence-corrected chi connectivity index (χ3v) is 4.92. The summed E-state index contributed by atoms with van der Waals surface area (Å²) in [5, 5.41) is 9.58. The Labute approximate surface area is 121 Å². The Hall–Kier alpha value is -0.650. The van der Waals surface area contributed by atoms with E-state index >= 15 is 0 Å². The number of aliphatic carboxylic acids is 1. The van der Waals surface area contributed by atoms with Gasteiger partial charge in [0.2, 0.25) is 0 Å². The molecule has 2 unspecified atom stereocenters. The lowest BCUT2D eigenvalue weighted by Gasteiger charge is -2.42. The number of carbonyl (C=O) groups is 1. The van der Waals surface area contributed by atoms with E-state index < -0.39 is 11.4 Å². The Morgan fingerprint density at radius 1 is 1.35 bits per heavy atom. The first-order valence-corrected chi connectivity index (χ1v) is 7.85. The first-order valence-electron chi connectivity index (χ1n) is 7.85. The smallest absolute Gasteiger partial charge is 0.313 e. The zero-order valence-corrected chi connectivity index (χ0v) is 12.8. The van der Waals surface area contributed by atoms with Crippen LogP contribution in [0.25, 0.3) is 0 Å². The fourth-order valence-corrected chi connectivity index (χ4v) is 3.26. The van der Waals surface area contributed by atoms with Crippen LogP contribution in [0.15, 0.2) is 0 Å². The maximum absolute atomic E-state index is 11.7. The summed E-state index contributed by atoms with van der Waals surface area (Å²) in [4.78, 5) is 16.5. The topological polar surface area (TPSA) is 53.0 Å². The zero-order valence-electron chi connectivity index (χ0n) is 12.8. The second kappa shape index (κ2) is 6.87. The molecule has 0 radical (unpaired) electrons. The van der Waals surface area contributed by atoms with Gasteiger partial charge >= 0.3 is 5.97 Å². The van der Waals surface area contributed by atoms with Gasteiger partial charge < -0.3 is 9.84 Å². The van der Waals surface area contributed by atoms with Gasteiger partial charge in [0.05, 0.1) is 6.61 Å². The quantitative estimate of drug-likeness (QED) is 0.824. The Morgan fingerprint density at radius 2 is 2.05 bits per heavy atom. The predicted molar refractivity (Wildman–Crippen MR) is 77.9 cm³/mol. The molecule has 1 N–H and O–H groups in total. The summed E-state index contributed by atoms with van der Waals surface area (Å²) in [5.41, 5.74) is -0.684. The van der Waals surface area contributed by atoms with Gasteiger partial charge in [-0.1, -0.05) is 6.92 Å². The van der Waals surface area contributed by atoms with Crippen LogP contribution in [0.1, 0.15) is 33.1 Å². The fourth-order valence-electron chi connectivity index (χ4n) is 3.26. The van der Waals surface area contributed by atoms with Gasteiger partial charge in [0.25, 0.3) is 0 Å². The van der Waals surface area contributed by atoms with E-state index in [0.717, 1.165) is 39.0 Å². The highest BCUT2D eigenvalue weighted by molar-refractivity contribution is 5.75. The van der Waals surface area contributed by atoms with Crippen LogP contribution in [0.3, 0.4) is 0 Å². The van der Waals surface area contributed by atoms with E-state index in [4.69, 9.17) is 4.74 Å². The van der Waals surface area contributed by atoms with Gasteiger partial charge in [-0.3, -0.25) is 14.6 Å². The van der Waals surface area contributed by atoms with E-state index in [1.54, 1.807) is 0 Å². The number of piperazine rings is 1. The summed E-state index contributed by atoms with van der Waals surface area (Å²) in [7, 11) is 0. The number of rotatable bonds is 5. The van der Waals surface area contributed by atoms with Crippen LogP contribution in [-0.2, 0) is 9.53 Å². The SMILES string of the molecule is CCC(C)N1CCN(CC2(C(=O)O)CCCOC2)CC1. The summed E-state index contributed by atoms with van der Waals surface area (Å²) >= 11 is 0. The molecule has 2 rings (SSSR count). The van der Waals surface area contributed by atoms with E-state index in [9.17, 15) is 9.90 Å². The molecule has 116 valence electrons. The molecule has 2 aliphatic rings. The Morgan fingerprint density at radius 3 is 2.55 bits per heavy atom. The second-order valence-corrected chi connectivity index (χ2v) is 6.31. The summed E-state index contributed by atoms with van der Waals surface area (Å²) in [6.45, 7) is 10.2. The average molecular weight is 284 g/mol. The molecule has 0 aromatic carbocycles. The molecule has 0 bridgehead atoms. The van der Waals surface area contributed by atoms with Crippen molar-refractivity contribution in [3.05, 3.63) is 0 Å². The van der Waals surface area contributed by atoms with Crippen molar-refractivity contribution >= 4 is 5.97 Å². The Kier molecular flexibility index (Phi) is 5.41. The molecule has 0 saturated carbocycles. The molecule has 2 heterocycles. The van der Waals surface area contributed by atoms with Gasteiger partial charge in [0.1, 0.15) is 5.41 Å². The molecule has 0 spiro atoms. The Bertz CT molecular complexity index is 321. The molecule has 0 amide bonds. The number of carboxylic acid groups (broad SMARTS) is 1. The van der Waals surface area contributed by atoms with Gasteiger partial charge in [-0.05, 0) is 26.2 Å². The lowest BCUT2D eigenvalue weighted by molar-refractivity contribution is -0.160. The maximum atomic E-state index is 11.7. The molecule has 2 aliphatic heterocycles. The van der Waals surface area contributed by atoms with Gasteiger partial charge in [0, 0.05) is 45.4 Å². The highest BCUT2D eigenvalue weighted by Gasteiger charge is 2.42. The van der Waals surface area contributed by atoms with Crippen molar-refractivity contribution in [3.8, 4) is 0 Å². The van der Waals surface area contributed by atoms with Crippen LogP contribution in [0.2, 0.25) is 0 Å². The Balaban J connectivity index is 1.88. The van der Waals surface area contributed by atoms with Gasteiger partial charge in [-0.2, -0.15) is 0 Å². The first kappa shape index (κ1) is 15.7. The van der Waals surface area contributed by atoms with Gasteiger partial charge in [0.15, 0.2) is 0 Å². The van der Waals surface area contributed by atoms with Crippen LogP contribution in [0.5, 0.6) is 0 Å². The monoisotopic (exact) mass is 284 g/mol. The van der Waals surface area contributed by atoms with Crippen LogP contribution in [0.4, 0.5) is 0 Å². The van der Waals surface area contributed by atoms with E-state index in [-0.39, 0.29) is 0 Å². The number of ether oxygens (including phenoxy) is 1. The fraction of sp³-hybridized carbons (Fsp3) is 0.933. The van der Waals surface area contributed by atoms with Gasteiger partial charge in [-0.25, -0.2) is 0 Å². The minimum absolute atomic E-state index is 0.369. The van der Waals surface area contributed by atoms with Crippen molar-refractivity contribution in [3.63, 3.8) is 0 Å². The summed E-state index contributed by atoms with van der Waals surface area (Å²) < 4.78 is 5.45. The van der Waals surface area contributed by atoms with E-state index in [1.165, 1.54) is 6.42 Å². The lowest BCUT2D eigenvalue weighted by Crippen LogP contribution is -2.55. The summed E-state index contributed by atoms with van der Waals surface area (Å²) in [6.07, 6.45) is 2.78. The number of nitrogens with zero attached hydrogens (tertiary/aromatic N) is 2. The number of hydrogen-bond acceptors (Lipinski definition) is 4. The van der Waals surface area contributed by atoms with Gasteiger partial charge in [-0.15, -0.1) is 0 Å². The number of carboxylic acids is 1. The van der Waals surface area contributed by atoms with Crippen molar-refractivity contribution in [2.24, 2.45) is 5.41 Å². The largest absolute Gasteiger partial charge is 0.481 e. The maximum Gasteiger partial charge on any atom is 0.313 e. The molecule has 20 heavy (non-hydrogen) atoms. The third kappa shape index (κ3) is 3.51. The predicted octanol–water partition coefficient (Wildman–Crippen LogP) is 1.28. The molecular weight excluding hydrogens is 256 g/mol. The van der Waals surface area contributed by atoms with Crippen molar-refractivity contribution < 1.29 is 14.6 Å². The molecule has 2 fully saturated rings. The van der Waals surface area contributed by atoms with Crippen LogP contribution < -0.4 is 0 Å². The lowest BCUT2D eigenvalue weighted by atomic mass is 9.82. The van der Waals surface area contributed by atoms with E-state index in [0.29, 0.717) is 25.8 Å². The standard InChI is InChI=1S/C15H28N2O3/c1-3-13(2)17-8-6-16(7-9-17)11-15(14(18)19)5-4-10-20-12-15/h13H,3-12H2,1-2H3,(H,18,19). The zero-order chi connectivity index (χ0) is 14.6. The third-order valence-electron chi connectivity index (χ3n) is 4.92. The second-order valence-electron chi connectivity index (χ2n) is 6.31. The number of hydrogen-bond donors (Lipinski definition) is 1. The summed E-state index contributed by atoms with van der Waals surface area (Å²) in [5.74, 6) is -0.693. The van der Waals surface area contributed by atoms with E-state index in [1.807, 2.05) is 0 Å². The average Bonchev–Trinajstić information content (AvgIpc) is 2.48. The van der Waals surface area contributed by atoms with Crippen molar-refractivity contribution in [1.82, 2.24) is 9.80 Å². The molecule has 0 aromatic rings. The summed E-state index contributed by atoms with van der Waals surface area (Å²) in [6, 6.07) is 0.628. The minimum Gasteiger partial charge on any atom is -0.481 e. The van der Waals surface area contributed by atoms with Crippen LogP contribution in [-0.4, -0.2) is 72.9 Å². The highest BCUT2D eigenvalue weighted by Crippen LogP contribution is 2.30. The van der Waals surface area contributed by atoms with Crippen LogP contribution >= 0.6 is 0 Å². The molecule has 5 heteroatoms. The van der Waals surface area contributed by atoms with E-state index in [2.05, 4.69) is 23.6 Å². The van der Waals surface area contributed by atoms with Crippen molar-refractivity contribution in [1.29, 1.82) is 0 Å². The molecule has 0 aromatic heterocycles. The molecule has 0 aliphatic carbocycles. The molecular formula is C15H28N2O3. The molecule has 2 saturated heterocycles. The first-order chi connectivity index (χ1) is 9.57. The van der Waals surface area contributed by atoms with Crippen molar-refractivity contribution in [2.75, 3.05) is 45.9 Å². The molecule has 2 atom stereocenters. The highest BCUT2D eigenvalue weighted by atomic mass is 16.5. The van der Waals surface area contributed by atoms with Crippen LogP contribution in [0, 0.1) is 5.41 Å². The normalized spacial score (nSPS) is 31.1. The van der Waals surface area contributed by atoms with Crippen molar-refractivity contribution in [2.45, 2.75) is 39.2 Å².